The van der Waals surface area contributed by atoms with E-state index < -0.39 is 0 Å². The van der Waals surface area contributed by atoms with Crippen LogP contribution in [0.1, 0.15) is 13.3 Å². The van der Waals surface area contributed by atoms with E-state index in [-0.39, 0.29) is 11.7 Å². The summed E-state index contributed by atoms with van der Waals surface area (Å²) in [5.41, 5.74) is 0. The number of hydrogen-bond acceptors (Lipinski definition) is 5. The number of benzene rings is 1. The molecule has 0 radical (unpaired) electrons. The van der Waals surface area contributed by atoms with Crippen molar-refractivity contribution in [3.8, 4) is 17.4 Å². The minimum Gasteiger partial charge on any atom is -0.489 e. The van der Waals surface area contributed by atoms with E-state index >= 15 is 0 Å². The van der Waals surface area contributed by atoms with Crippen LogP contribution in [0, 0.1) is 5.82 Å². The van der Waals surface area contributed by atoms with Gasteiger partial charge in [-0.05, 0) is 40.5 Å². The molecule has 21 heavy (non-hydrogen) atoms. The van der Waals surface area contributed by atoms with Gasteiger partial charge in [0.15, 0.2) is 5.82 Å². The van der Waals surface area contributed by atoms with Crippen LogP contribution in [-0.4, -0.2) is 23.6 Å². The largest absolute Gasteiger partial charge is 0.489 e. The number of halogens is 2. The molecule has 5 nitrogen and oxygen atoms in total. The molecule has 1 heterocycles. The normalized spacial score (nSPS) is 10.3. The molecule has 2 aromatic rings. The van der Waals surface area contributed by atoms with Gasteiger partial charge < -0.3 is 14.8 Å². The van der Waals surface area contributed by atoms with E-state index in [1.54, 1.807) is 0 Å². The second kappa shape index (κ2) is 7.21. The Kier molecular flexibility index (Phi) is 5.32. The van der Waals surface area contributed by atoms with Gasteiger partial charge in [-0.25, -0.2) is 9.37 Å². The summed E-state index contributed by atoms with van der Waals surface area (Å²) < 4.78 is 24.6. The topological polar surface area (TPSA) is 56.3 Å². The molecule has 0 aliphatic heterocycles. The third-order valence-electron chi connectivity index (χ3n) is 2.62. The van der Waals surface area contributed by atoms with Gasteiger partial charge in [-0.1, -0.05) is 6.92 Å². The summed E-state index contributed by atoms with van der Waals surface area (Å²) in [6, 6.07) is 4.14. The maximum Gasteiger partial charge on any atom is 0.268 e. The van der Waals surface area contributed by atoms with Crippen molar-refractivity contribution in [1.82, 2.24) is 9.97 Å². The SMILES string of the molecule is CCCNc1ncnc(Oc2ccc(F)cc2Br)c1OC. The summed E-state index contributed by atoms with van der Waals surface area (Å²) in [7, 11) is 1.52. The molecule has 1 aromatic carbocycles. The van der Waals surface area contributed by atoms with Gasteiger partial charge in [-0.3, -0.25) is 0 Å². The van der Waals surface area contributed by atoms with Crippen LogP contribution in [0.3, 0.4) is 0 Å². The number of methoxy groups -OCH3 is 1. The minimum absolute atomic E-state index is 0.262. The van der Waals surface area contributed by atoms with Crippen LogP contribution in [0.25, 0.3) is 0 Å². The first-order valence-electron chi connectivity index (χ1n) is 6.41. The lowest BCUT2D eigenvalue weighted by molar-refractivity contribution is 0.368. The first-order chi connectivity index (χ1) is 10.2. The van der Waals surface area contributed by atoms with E-state index in [2.05, 4.69) is 31.2 Å². The lowest BCUT2D eigenvalue weighted by Crippen LogP contribution is -2.06. The van der Waals surface area contributed by atoms with Crippen LogP contribution < -0.4 is 14.8 Å². The zero-order valence-electron chi connectivity index (χ0n) is 11.7. The van der Waals surface area contributed by atoms with Crippen LogP contribution in [-0.2, 0) is 0 Å². The number of nitrogens with one attached hydrogen (secondary N) is 1. The van der Waals surface area contributed by atoms with E-state index in [1.165, 1.54) is 31.6 Å². The molecule has 0 fully saturated rings. The summed E-state index contributed by atoms with van der Waals surface area (Å²) >= 11 is 3.25. The smallest absolute Gasteiger partial charge is 0.268 e. The Bertz CT molecular complexity index is 625. The Balaban J connectivity index is 2.30. The van der Waals surface area contributed by atoms with E-state index in [9.17, 15) is 4.39 Å². The van der Waals surface area contributed by atoms with Crippen molar-refractivity contribution < 1.29 is 13.9 Å². The Morgan fingerprint density at radius 1 is 1.33 bits per heavy atom. The number of rotatable bonds is 6. The molecule has 0 saturated carbocycles. The van der Waals surface area contributed by atoms with Crippen molar-refractivity contribution in [1.29, 1.82) is 0 Å². The molecule has 0 bridgehead atoms. The highest BCUT2D eigenvalue weighted by molar-refractivity contribution is 9.10. The Morgan fingerprint density at radius 3 is 2.81 bits per heavy atom. The van der Waals surface area contributed by atoms with Gasteiger partial charge in [0.1, 0.15) is 17.9 Å². The van der Waals surface area contributed by atoms with Crippen LogP contribution in [0.4, 0.5) is 10.2 Å². The quantitative estimate of drug-likeness (QED) is 0.848. The van der Waals surface area contributed by atoms with Crippen LogP contribution in [0.15, 0.2) is 29.0 Å². The van der Waals surface area contributed by atoms with Crippen molar-refractivity contribution >= 4 is 21.7 Å². The zero-order valence-corrected chi connectivity index (χ0v) is 13.3. The van der Waals surface area contributed by atoms with Gasteiger partial charge in [-0.15, -0.1) is 0 Å². The van der Waals surface area contributed by atoms with Gasteiger partial charge in [0.2, 0.25) is 5.75 Å². The Morgan fingerprint density at radius 2 is 2.14 bits per heavy atom. The monoisotopic (exact) mass is 355 g/mol. The van der Waals surface area contributed by atoms with Crippen molar-refractivity contribution in [2.75, 3.05) is 19.0 Å². The fourth-order valence-corrected chi connectivity index (χ4v) is 2.08. The molecule has 2 rings (SSSR count). The molecule has 1 aromatic heterocycles. The standard InChI is InChI=1S/C14H15BrFN3O2/c1-3-6-17-13-12(20-2)14(19-8-18-13)21-11-5-4-9(16)7-10(11)15/h4-5,7-8H,3,6H2,1-2H3,(H,17,18,19). The highest BCUT2D eigenvalue weighted by Crippen LogP contribution is 2.36. The molecule has 0 saturated heterocycles. The first-order valence-corrected chi connectivity index (χ1v) is 7.20. The maximum absolute atomic E-state index is 13.1. The maximum atomic E-state index is 13.1. The van der Waals surface area contributed by atoms with Crippen LogP contribution in [0.2, 0.25) is 0 Å². The van der Waals surface area contributed by atoms with Gasteiger partial charge in [-0.2, -0.15) is 4.98 Å². The summed E-state index contributed by atoms with van der Waals surface area (Å²) in [5, 5.41) is 3.14. The van der Waals surface area contributed by atoms with Gasteiger partial charge in [0.25, 0.3) is 5.88 Å². The van der Waals surface area contributed by atoms with Crippen molar-refractivity contribution in [3.05, 3.63) is 34.8 Å². The lowest BCUT2D eigenvalue weighted by Gasteiger charge is -2.13. The lowest BCUT2D eigenvalue weighted by atomic mass is 10.3. The number of nitrogens with zero attached hydrogens (tertiary/aromatic N) is 2. The highest BCUT2D eigenvalue weighted by atomic mass is 79.9. The average molecular weight is 356 g/mol. The summed E-state index contributed by atoms with van der Waals surface area (Å²) in [5.74, 6) is 1.31. The second-order valence-corrected chi connectivity index (χ2v) is 5.02. The molecule has 0 amide bonds. The molecule has 1 N–H and O–H groups in total. The summed E-state index contributed by atoms with van der Waals surface area (Å²) in [6.45, 7) is 2.81. The van der Waals surface area contributed by atoms with Crippen molar-refractivity contribution in [3.63, 3.8) is 0 Å². The molecule has 7 heteroatoms. The van der Waals surface area contributed by atoms with E-state index in [0.717, 1.165) is 13.0 Å². The fourth-order valence-electron chi connectivity index (χ4n) is 1.65. The zero-order chi connectivity index (χ0) is 15.2. The average Bonchev–Trinajstić information content (AvgIpc) is 2.48. The predicted octanol–water partition coefficient (Wildman–Crippen LogP) is 4.00. The van der Waals surface area contributed by atoms with Gasteiger partial charge in [0, 0.05) is 6.54 Å². The van der Waals surface area contributed by atoms with E-state index in [4.69, 9.17) is 9.47 Å². The van der Waals surface area contributed by atoms with Crippen molar-refractivity contribution in [2.45, 2.75) is 13.3 Å². The second-order valence-electron chi connectivity index (χ2n) is 4.16. The van der Waals surface area contributed by atoms with Crippen LogP contribution >= 0.6 is 15.9 Å². The van der Waals surface area contributed by atoms with Crippen molar-refractivity contribution in [2.24, 2.45) is 0 Å². The summed E-state index contributed by atoms with van der Waals surface area (Å²) in [6.07, 6.45) is 2.33. The van der Waals surface area contributed by atoms with E-state index in [1.807, 2.05) is 6.92 Å². The fraction of sp³-hybridized carbons (Fsp3) is 0.286. The molecule has 0 aliphatic rings. The van der Waals surface area contributed by atoms with E-state index in [0.29, 0.717) is 21.8 Å². The third-order valence-corrected chi connectivity index (χ3v) is 3.24. The molecular weight excluding hydrogens is 341 g/mol. The predicted molar refractivity (Wildman–Crippen MR) is 81.5 cm³/mol. The third kappa shape index (κ3) is 3.81. The molecule has 112 valence electrons. The van der Waals surface area contributed by atoms with Gasteiger partial charge >= 0.3 is 0 Å². The Hall–Kier alpha value is -1.89. The molecular formula is C14H15BrFN3O2. The molecule has 0 atom stereocenters. The molecule has 0 unspecified atom stereocenters. The van der Waals surface area contributed by atoms with Gasteiger partial charge in [0.05, 0.1) is 11.6 Å². The molecule has 0 spiro atoms. The number of ether oxygens (including phenoxy) is 2. The highest BCUT2D eigenvalue weighted by Gasteiger charge is 2.15. The Labute approximate surface area is 130 Å². The number of hydrogen-bond donors (Lipinski definition) is 1. The first kappa shape index (κ1) is 15.5. The summed E-state index contributed by atoms with van der Waals surface area (Å²) in [4.78, 5) is 8.19. The van der Waals surface area contributed by atoms with Crippen LogP contribution in [0.5, 0.6) is 17.4 Å². The number of aromatic nitrogens is 2. The molecule has 0 aliphatic carbocycles. The number of anilines is 1. The minimum atomic E-state index is -0.353.